The molecule has 12 heteroatoms. The van der Waals surface area contributed by atoms with Gasteiger partial charge < -0.3 is 19.6 Å². The lowest BCUT2D eigenvalue weighted by molar-refractivity contribution is 0.0260. The molecule has 0 unspecified atom stereocenters. The third kappa shape index (κ3) is 5.93. The van der Waals surface area contributed by atoms with E-state index >= 15 is 0 Å². The number of aromatic nitrogens is 7. The molecule has 1 atom stereocenters. The summed E-state index contributed by atoms with van der Waals surface area (Å²) in [4.78, 5) is 30.2. The molecule has 2 aliphatic rings. The van der Waals surface area contributed by atoms with Gasteiger partial charge in [-0.25, -0.2) is 14.6 Å². The van der Waals surface area contributed by atoms with Crippen molar-refractivity contribution in [3.05, 3.63) is 71.8 Å². The molecule has 0 aliphatic carbocycles. The zero-order chi connectivity index (χ0) is 27.3. The van der Waals surface area contributed by atoms with E-state index in [1.54, 1.807) is 18.5 Å². The van der Waals surface area contributed by atoms with Crippen molar-refractivity contribution in [1.82, 2.24) is 39.4 Å². The van der Waals surface area contributed by atoms with Gasteiger partial charge in [-0.15, -0.1) is 0 Å². The molecule has 2 saturated heterocycles. The van der Waals surface area contributed by atoms with Crippen LogP contribution in [0.3, 0.4) is 0 Å². The predicted molar refractivity (Wildman–Crippen MR) is 149 cm³/mol. The summed E-state index contributed by atoms with van der Waals surface area (Å²) in [6, 6.07) is 7.36. The Bertz CT molecular complexity index is 1450. The van der Waals surface area contributed by atoms with Crippen molar-refractivity contribution in [3.63, 3.8) is 0 Å². The molecule has 1 N–H and O–H groups in total. The average Bonchev–Trinajstić information content (AvgIpc) is 3.50. The second kappa shape index (κ2) is 12.0. The lowest BCUT2D eigenvalue weighted by Crippen LogP contribution is -2.46. The van der Waals surface area contributed by atoms with E-state index in [0.717, 1.165) is 49.2 Å². The number of hydrogen-bond donors (Lipinski definition) is 1. The first-order valence-electron chi connectivity index (χ1n) is 13.7. The monoisotopic (exact) mass is 543 g/mol. The van der Waals surface area contributed by atoms with Gasteiger partial charge in [-0.1, -0.05) is 0 Å². The number of piperidine rings is 1. The van der Waals surface area contributed by atoms with Crippen molar-refractivity contribution in [2.24, 2.45) is 0 Å². The maximum atomic E-state index is 12.5. The maximum absolute atomic E-state index is 12.5. The lowest BCUT2D eigenvalue weighted by Gasteiger charge is -2.33. The van der Waals surface area contributed by atoms with Crippen LogP contribution in [0.4, 0.5) is 5.95 Å². The molecule has 2 fully saturated rings. The van der Waals surface area contributed by atoms with Gasteiger partial charge in [-0.05, 0) is 31.0 Å². The summed E-state index contributed by atoms with van der Waals surface area (Å²) in [5, 5.41) is 18.3. The first kappa shape index (κ1) is 26.2. The Hall–Kier alpha value is -4.00. The largest absolute Gasteiger partial charge is 0.395 e. The number of likely N-dealkylation sites (tertiary alicyclic amines) is 1. The molecule has 0 spiro atoms. The van der Waals surface area contributed by atoms with Crippen LogP contribution in [-0.4, -0.2) is 96.6 Å². The zero-order valence-electron chi connectivity index (χ0n) is 22.3. The number of nitrogens with zero attached hydrogens (tertiary/aromatic N) is 9. The Morgan fingerprint density at radius 2 is 1.75 bits per heavy atom. The van der Waals surface area contributed by atoms with Gasteiger partial charge in [0, 0.05) is 86.5 Å². The SMILES string of the molecule is O=c1ccc(-c2ccncc2)nn1C[C@@H]1CN(c2ncc(-c3cnn(C4CCN(CCO)CC4)c3)cn2)CCO1. The molecular formula is C28H33N9O3. The zero-order valence-corrected chi connectivity index (χ0v) is 22.3. The van der Waals surface area contributed by atoms with Crippen molar-refractivity contribution < 1.29 is 9.84 Å². The minimum Gasteiger partial charge on any atom is -0.395 e. The van der Waals surface area contributed by atoms with Crippen molar-refractivity contribution in [2.75, 3.05) is 50.8 Å². The Kier molecular flexibility index (Phi) is 7.89. The molecule has 0 aromatic carbocycles. The molecule has 0 radical (unpaired) electrons. The minimum absolute atomic E-state index is 0.171. The summed E-state index contributed by atoms with van der Waals surface area (Å²) in [6.07, 6.45) is 12.8. The number of aliphatic hydroxyl groups excluding tert-OH is 1. The molecule has 6 heterocycles. The van der Waals surface area contributed by atoms with E-state index in [2.05, 4.69) is 41.1 Å². The highest BCUT2D eigenvalue weighted by molar-refractivity contribution is 5.60. The quantitative estimate of drug-likeness (QED) is 0.349. The highest BCUT2D eigenvalue weighted by atomic mass is 16.5. The van der Waals surface area contributed by atoms with Gasteiger partial charge in [0.05, 0.1) is 43.8 Å². The predicted octanol–water partition coefficient (Wildman–Crippen LogP) is 1.49. The molecule has 0 bridgehead atoms. The van der Waals surface area contributed by atoms with Crippen molar-refractivity contribution in [1.29, 1.82) is 0 Å². The van der Waals surface area contributed by atoms with Gasteiger partial charge in [-0.3, -0.25) is 14.5 Å². The fourth-order valence-corrected chi connectivity index (χ4v) is 5.33. The molecule has 40 heavy (non-hydrogen) atoms. The van der Waals surface area contributed by atoms with E-state index in [-0.39, 0.29) is 18.3 Å². The van der Waals surface area contributed by atoms with E-state index in [1.807, 2.05) is 35.4 Å². The van der Waals surface area contributed by atoms with Gasteiger partial charge in [0.25, 0.3) is 5.56 Å². The molecule has 4 aromatic heterocycles. The Morgan fingerprint density at radius 3 is 2.52 bits per heavy atom. The number of anilines is 1. The van der Waals surface area contributed by atoms with Crippen LogP contribution in [0.5, 0.6) is 0 Å². The highest BCUT2D eigenvalue weighted by Crippen LogP contribution is 2.25. The number of morpholine rings is 1. The van der Waals surface area contributed by atoms with Crippen molar-refractivity contribution >= 4 is 5.95 Å². The van der Waals surface area contributed by atoms with Crippen LogP contribution >= 0.6 is 0 Å². The number of ether oxygens (including phenoxy) is 1. The Morgan fingerprint density at radius 1 is 0.950 bits per heavy atom. The number of aliphatic hydroxyl groups is 1. The third-order valence-electron chi connectivity index (χ3n) is 7.56. The van der Waals surface area contributed by atoms with E-state index in [1.165, 1.54) is 10.7 Å². The smallest absolute Gasteiger partial charge is 0.266 e. The number of β-amino-alcohol motifs (C(OH)–C–C–N with tert-alkyl or cyclic N) is 1. The van der Waals surface area contributed by atoms with E-state index in [0.29, 0.717) is 43.9 Å². The lowest BCUT2D eigenvalue weighted by atomic mass is 10.1. The summed E-state index contributed by atoms with van der Waals surface area (Å²) < 4.78 is 9.48. The second-order valence-corrected chi connectivity index (χ2v) is 10.2. The van der Waals surface area contributed by atoms with Crippen LogP contribution in [0.25, 0.3) is 22.4 Å². The van der Waals surface area contributed by atoms with E-state index < -0.39 is 0 Å². The van der Waals surface area contributed by atoms with Crippen LogP contribution in [0.1, 0.15) is 18.9 Å². The van der Waals surface area contributed by atoms with Crippen LogP contribution in [0, 0.1) is 0 Å². The number of rotatable bonds is 8. The first-order chi connectivity index (χ1) is 19.7. The molecule has 0 saturated carbocycles. The molecular weight excluding hydrogens is 510 g/mol. The third-order valence-corrected chi connectivity index (χ3v) is 7.56. The normalized spacial score (nSPS) is 18.7. The second-order valence-electron chi connectivity index (χ2n) is 10.2. The van der Waals surface area contributed by atoms with Gasteiger partial charge in [0.1, 0.15) is 0 Å². The van der Waals surface area contributed by atoms with Crippen LogP contribution < -0.4 is 10.5 Å². The average molecular weight is 544 g/mol. The highest BCUT2D eigenvalue weighted by Gasteiger charge is 2.24. The molecule has 0 amide bonds. The molecule has 4 aromatic rings. The summed E-state index contributed by atoms with van der Waals surface area (Å²) in [5.41, 5.74) is 3.35. The summed E-state index contributed by atoms with van der Waals surface area (Å²) >= 11 is 0. The van der Waals surface area contributed by atoms with Gasteiger partial charge >= 0.3 is 0 Å². The topological polar surface area (TPSA) is 127 Å². The number of hydrogen-bond acceptors (Lipinski definition) is 10. The van der Waals surface area contributed by atoms with Gasteiger partial charge in [-0.2, -0.15) is 10.2 Å². The van der Waals surface area contributed by atoms with E-state index in [4.69, 9.17) is 9.84 Å². The number of pyridine rings is 1. The standard InChI is InChI=1S/C28H33N9O3/c38-13-11-34-9-5-24(6-10-34)36-18-23(17-32-36)22-15-30-28(31-16-22)35-12-14-40-25(19-35)20-37-27(39)2-1-26(33-37)21-3-7-29-8-4-21/h1-4,7-8,15-18,24-25,38H,5-6,9-14,19-20H2/t25-/m0/s1. The van der Waals surface area contributed by atoms with Crippen LogP contribution in [0.15, 0.2) is 66.2 Å². The van der Waals surface area contributed by atoms with Gasteiger partial charge in [0.2, 0.25) is 5.95 Å². The molecule has 208 valence electrons. The molecule has 6 rings (SSSR count). The Balaban J connectivity index is 1.09. The minimum atomic E-state index is -0.225. The van der Waals surface area contributed by atoms with E-state index in [9.17, 15) is 4.79 Å². The van der Waals surface area contributed by atoms with Crippen LogP contribution in [-0.2, 0) is 11.3 Å². The molecule has 12 nitrogen and oxygen atoms in total. The molecule has 2 aliphatic heterocycles. The van der Waals surface area contributed by atoms with Crippen molar-refractivity contribution in [2.45, 2.75) is 31.5 Å². The summed E-state index contributed by atoms with van der Waals surface area (Å²) in [7, 11) is 0. The fraction of sp³-hybridized carbons (Fsp3) is 0.429. The Labute approximate surface area is 231 Å². The fourth-order valence-electron chi connectivity index (χ4n) is 5.33. The van der Waals surface area contributed by atoms with Gasteiger partial charge in [0.15, 0.2) is 0 Å². The van der Waals surface area contributed by atoms with Crippen molar-refractivity contribution in [3.8, 4) is 22.4 Å². The maximum Gasteiger partial charge on any atom is 0.266 e. The summed E-state index contributed by atoms with van der Waals surface area (Å²) in [6.45, 7) is 4.96. The van der Waals surface area contributed by atoms with Crippen LogP contribution in [0.2, 0.25) is 0 Å². The first-order valence-corrected chi connectivity index (χ1v) is 13.7. The summed E-state index contributed by atoms with van der Waals surface area (Å²) in [5.74, 6) is 0.631.